The topological polar surface area (TPSA) is 70.8 Å². The lowest BCUT2D eigenvalue weighted by Gasteiger charge is -2.11. The number of nitrogen functional groups attached to an aromatic ring is 1. The zero-order valence-electron chi connectivity index (χ0n) is 10.8. The number of ether oxygens (including phenoxy) is 3. The summed E-state index contributed by atoms with van der Waals surface area (Å²) in [4.78, 5) is 11.2. The van der Waals surface area contributed by atoms with Gasteiger partial charge in [-0.25, -0.2) is 4.39 Å². The van der Waals surface area contributed by atoms with E-state index in [1.165, 1.54) is 14.2 Å². The minimum absolute atomic E-state index is 0.124. The second-order valence-electron chi connectivity index (χ2n) is 4.55. The summed E-state index contributed by atoms with van der Waals surface area (Å²) in [6, 6.07) is 4.81. The summed E-state index contributed by atoms with van der Waals surface area (Å²) in [7, 11) is 2.74. The van der Waals surface area contributed by atoms with Crippen molar-refractivity contribution >= 4 is 11.7 Å². The molecule has 1 aromatic rings. The first-order valence-corrected chi connectivity index (χ1v) is 5.82. The van der Waals surface area contributed by atoms with Gasteiger partial charge in [0.1, 0.15) is 18.1 Å². The van der Waals surface area contributed by atoms with E-state index in [-0.39, 0.29) is 13.0 Å². The molecule has 104 valence electrons. The third-order valence-corrected chi connectivity index (χ3v) is 3.11. The van der Waals surface area contributed by atoms with Crippen LogP contribution >= 0.6 is 0 Å². The number of methoxy groups -OCH3 is 2. The number of hydrogen-bond acceptors (Lipinski definition) is 5. The van der Waals surface area contributed by atoms with Crippen molar-refractivity contribution in [1.29, 1.82) is 0 Å². The number of halogens is 1. The van der Waals surface area contributed by atoms with Gasteiger partial charge in [0, 0.05) is 30.3 Å². The van der Waals surface area contributed by atoms with Crippen LogP contribution in [0.15, 0.2) is 18.2 Å². The van der Waals surface area contributed by atoms with E-state index in [0.717, 1.165) is 0 Å². The van der Waals surface area contributed by atoms with E-state index in [4.69, 9.17) is 15.2 Å². The zero-order valence-corrected chi connectivity index (χ0v) is 10.8. The number of nitrogens with two attached hydrogens (primary N) is 1. The van der Waals surface area contributed by atoms with Crippen LogP contribution in [0.4, 0.5) is 10.1 Å². The molecule has 6 heteroatoms. The summed E-state index contributed by atoms with van der Waals surface area (Å²) >= 11 is 0. The van der Waals surface area contributed by atoms with E-state index in [2.05, 4.69) is 4.74 Å². The Morgan fingerprint density at radius 3 is 2.74 bits per heavy atom. The predicted molar refractivity (Wildman–Crippen MR) is 66.9 cm³/mol. The van der Waals surface area contributed by atoms with Crippen LogP contribution in [0.2, 0.25) is 0 Å². The Morgan fingerprint density at radius 2 is 2.11 bits per heavy atom. The van der Waals surface area contributed by atoms with E-state index in [1.54, 1.807) is 18.2 Å². The normalized spacial score (nSPS) is 24.7. The first-order valence-electron chi connectivity index (χ1n) is 5.82. The van der Waals surface area contributed by atoms with Crippen LogP contribution in [0.5, 0.6) is 11.5 Å². The third kappa shape index (κ3) is 2.89. The zero-order chi connectivity index (χ0) is 14.0. The van der Waals surface area contributed by atoms with E-state index in [1.807, 2.05) is 0 Å². The molecule has 0 radical (unpaired) electrons. The lowest BCUT2D eigenvalue weighted by molar-refractivity contribution is -0.143. The van der Waals surface area contributed by atoms with Gasteiger partial charge < -0.3 is 19.9 Å². The van der Waals surface area contributed by atoms with Crippen molar-refractivity contribution in [3.8, 4) is 11.5 Å². The van der Waals surface area contributed by atoms with Gasteiger partial charge in [0.15, 0.2) is 5.67 Å². The number of esters is 1. The van der Waals surface area contributed by atoms with Gasteiger partial charge in [-0.05, 0) is 0 Å². The molecule has 0 heterocycles. The van der Waals surface area contributed by atoms with Gasteiger partial charge in [0.2, 0.25) is 0 Å². The molecule has 0 aliphatic heterocycles. The lowest BCUT2D eigenvalue weighted by Crippen LogP contribution is -2.21. The van der Waals surface area contributed by atoms with Gasteiger partial charge in [0.05, 0.1) is 20.1 Å². The number of alkyl halides is 1. The molecule has 2 N–H and O–H groups in total. The van der Waals surface area contributed by atoms with Gasteiger partial charge in [0.25, 0.3) is 0 Å². The molecule has 1 aliphatic carbocycles. The molecule has 2 rings (SSSR count). The first kappa shape index (κ1) is 13.5. The number of benzene rings is 1. The van der Waals surface area contributed by atoms with Gasteiger partial charge in [-0.15, -0.1) is 0 Å². The Balaban J connectivity index is 1.97. The van der Waals surface area contributed by atoms with Crippen molar-refractivity contribution in [1.82, 2.24) is 0 Å². The number of rotatable bonds is 5. The minimum Gasteiger partial charge on any atom is -0.497 e. The molecule has 0 amide bonds. The highest BCUT2D eigenvalue weighted by Gasteiger charge is 2.61. The maximum Gasteiger partial charge on any atom is 0.312 e. The molecular weight excluding hydrogens is 253 g/mol. The van der Waals surface area contributed by atoms with Crippen molar-refractivity contribution in [3.63, 3.8) is 0 Å². The summed E-state index contributed by atoms with van der Waals surface area (Å²) < 4.78 is 29.0. The highest BCUT2D eigenvalue weighted by Crippen LogP contribution is 2.48. The van der Waals surface area contributed by atoms with Gasteiger partial charge in [-0.3, -0.25) is 4.79 Å². The van der Waals surface area contributed by atoms with Crippen molar-refractivity contribution < 1.29 is 23.4 Å². The van der Waals surface area contributed by atoms with Gasteiger partial charge >= 0.3 is 5.97 Å². The Kier molecular flexibility index (Phi) is 3.50. The monoisotopic (exact) mass is 269 g/mol. The summed E-state index contributed by atoms with van der Waals surface area (Å²) in [6.45, 7) is -0.209. The Labute approximate surface area is 110 Å². The van der Waals surface area contributed by atoms with Crippen molar-refractivity contribution in [2.45, 2.75) is 12.1 Å². The fourth-order valence-corrected chi connectivity index (χ4v) is 1.87. The SMILES string of the molecule is COC(=O)[C@@H]1C[C@@]1(F)COc1cc(N)cc(OC)c1. The van der Waals surface area contributed by atoms with E-state index >= 15 is 0 Å². The molecule has 0 unspecified atom stereocenters. The van der Waals surface area contributed by atoms with Crippen LogP contribution in [0.1, 0.15) is 6.42 Å². The number of carbonyl (C=O) groups is 1. The molecular formula is C13H16FNO4. The lowest BCUT2D eigenvalue weighted by atomic mass is 10.2. The summed E-state index contributed by atoms with van der Waals surface area (Å²) in [5.41, 5.74) is 4.47. The first-order chi connectivity index (χ1) is 8.98. The second-order valence-corrected chi connectivity index (χ2v) is 4.55. The smallest absolute Gasteiger partial charge is 0.312 e. The number of carbonyl (C=O) groups excluding carboxylic acids is 1. The summed E-state index contributed by atoms with van der Waals surface area (Å²) in [5.74, 6) is -0.343. The molecule has 1 fully saturated rings. The fourth-order valence-electron chi connectivity index (χ4n) is 1.87. The summed E-state index contributed by atoms with van der Waals surface area (Å²) in [6.07, 6.45) is 0.124. The summed E-state index contributed by atoms with van der Waals surface area (Å²) in [5, 5.41) is 0. The van der Waals surface area contributed by atoms with Crippen LogP contribution in [0, 0.1) is 5.92 Å². The van der Waals surface area contributed by atoms with E-state index < -0.39 is 17.6 Å². The van der Waals surface area contributed by atoms with Crippen LogP contribution in [-0.2, 0) is 9.53 Å². The van der Waals surface area contributed by atoms with Crippen molar-refractivity contribution in [2.24, 2.45) is 5.92 Å². The van der Waals surface area contributed by atoms with Crippen LogP contribution in [0.25, 0.3) is 0 Å². The van der Waals surface area contributed by atoms with E-state index in [9.17, 15) is 9.18 Å². The Morgan fingerprint density at radius 1 is 1.42 bits per heavy atom. The van der Waals surface area contributed by atoms with E-state index in [0.29, 0.717) is 17.2 Å². The highest BCUT2D eigenvalue weighted by molar-refractivity contribution is 5.77. The fraction of sp³-hybridized carbons (Fsp3) is 0.462. The minimum atomic E-state index is -1.65. The van der Waals surface area contributed by atoms with Gasteiger partial charge in [-0.1, -0.05) is 0 Å². The molecule has 0 spiro atoms. The second kappa shape index (κ2) is 4.95. The molecule has 0 aromatic heterocycles. The number of anilines is 1. The Bertz CT molecular complexity index is 494. The van der Waals surface area contributed by atoms with Crippen LogP contribution in [0.3, 0.4) is 0 Å². The quantitative estimate of drug-likeness (QED) is 0.648. The maximum atomic E-state index is 14.1. The standard InChI is InChI=1S/C13H16FNO4/c1-17-9-3-8(15)4-10(5-9)19-7-13(14)6-11(13)12(16)18-2/h3-5,11H,6-7,15H2,1-2H3/t11-,13+/m0/s1. The van der Waals surface area contributed by atoms with Gasteiger partial charge in [-0.2, -0.15) is 0 Å². The predicted octanol–water partition coefficient (Wildman–Crippen LogP) is 1.56. The van der Waals surface area contributed by atoms with Crippen LogP contribution in [-0.4, -0.2) is 32.5 Å². The molecule has 2 atom stereocenters. The van der Waals surface area contributed by atoms with Crippen molar-refractivity contribution in [3.05, 3.63) is 18.2 Å². The maximum absolute atomic E-state index is 14.1. The molecule has 1 aliphatic rings. The average Bonchev–Trinajstić information content (AvgIpc) is 3.07. The van der Waals surface area contributed by atoms with Crippen molar-refractivity contribution in [2.75, 3.05) is 26.6 Å². The highest BCUT2D eigenvalue weighted by atomic mass is 19.1. The third-order valence-electron chi connectivity index (χ3n) is 3.11. The Hall–Kier alpha value is -1.98. The molecule has 5 nitrogen and oxygen atoms in total. The molecule has 0 bridgehead atoms. The molecule has 0 saturated heterocycles. The number of hydrogen-bond donors (Lipinski definition) is 1. The molecule has 1 saturated carbocycles. The average molecular weight is 269 g/mol. The van der Waals surface area contributed by atoms with Crippen LogP contribution < -0.4 is 15.2 Å². The molecule has 1 aromatic carbocycles. The largest absolute Gasteiger partial charge is 0.497 e. The molecule has 19 heavy (non-hydrogen) atoms.